The number of hydrogen-bond donors (Lipinski definition) is 1. The molecule has 0 unspecified atom stereocenters. The van der Waals surface area contributed by atoms with Gasteiger partial charge in [0.15, 0.2) is 5.13 Å². The molecule has 0 saturated heterocycles. The number of anilines is 1. The summed E-state index contributed by atoms with van der Waals surface area (Å²) in [5.41, 5.74) is 1.59. The molecule has 0 atom stereocenters. The fourth-order valence-corrected chi connectivity index (χ4v) is 2.94. The van der Waals surface area contributed by atoms with Gasteiger partial charge in [-0.3, -0.25) is 9.59 Å². The minimum absolute atomic E-state index is 0.111. The lowest BCUT2D eigenvalue weighted by Gasteiger charge is -2.00. The van der Waals surface area contributed by atoms with Gasteiger partial charge < -0.3 is 10.1 Å². The van der Waals surface area contributed by atoms with Crippen molar-refractivity contribution in [2.75, 3.05) is 11.9 Å². The van der Waals surface area contributed by atoms with E-state index in [1.165, 1.54) is 11.3 Å². The van der Waals surface area contributed by atoms with Gasteiger partial charge in [-0.15, -0.1) is 11.3 Å². The highest BCUT2D eigenvalue weighted by Crippen LogP contribution is 2.17. The lowest BCUT2D eigenvalue weighted by atomic mass is 10.2. The lowest BCUT2D eigenvalue weighted by molar-refractivity contribution is -0.142. The van der Waals surface area contributed by atoms with E-state index in [0.717, 1.165) is 5.56 Å². The quantitative estimate of drug-likeness (QED) is 0.832. The fourth-order valence-electron chi connectivity index (χ4n) is 1.55. The number of carbonyl (C=O) groups excluding carboxylic acids is 2. The van der Waals surface area contributed by atoms with E-state index in [4.69, 9.17) is 4.74 Å². The van der Waals surface area contributed by atoms with E-state index < -0.39 is 0 Å². The number of amides is 1. The van der Waals surface area contributed by atoms with Gasteiger partial charge in [-0.25, -0.2) is 4.98 Å². The van der Waals surface area contributed by atoms with Crippen molar-refractivity contribution in [1.82, 2.24) is 4.98 Å². The van der Waals surface area contributed by atoms with Crippen LogP contribution in [0.3, 0.4) is 0 Å². The summed E-state index contributed by atoms with van der Waals surface area (Å²) in [6.07, 6.45) is 0.459. The van der Waals surface area contributed by atoms with Crippen molar-refractivity contribution in [3.63, 3.8) is 0 Å². The number of carbonyl (C=O) groups is 2. The maximum atomic E-state index is 11.8. The molecule has 0 aliphatic heterocycles. The first kappa shape index (κ1) is 14.7. The van der Waals surface area contributed by atoms with E-state index in [2.05, 4.69) is 10.3 Å². The van der Waals surface area contributed by atoms with Crippen LogP contribution in [-0.2, 0) is 27.2 Å². The predicted octanol–water partition coefficient (Wildman–Crippen LogP) is 2.49. The molecule has 0 saturated carbocycles. The van der Waals surface area contributed by atoms with Crippen LogP contribution < -0.4 is 5.32 Å². The summed E-state index contributed by atoms with van der Waals surface area (Å²) in [7, 11) is 0. The van der Waals surface area contributed by atoms with Gasteiger partial charge in [0, 0.05) is 5.38 Å². The Hall–Kier alpha value is -1.73. The van der Waals surface area contributed by atoms with Crippen LogP contribution in [0.1, 0.15) is 18.2 Å². The topological polar surface area (TPSA) is 68.3 Å². The minimum atomic E-state index is -0.311. The van der Waals surface area contributed by atoms with Crippen LogP contribution in [0.25, 0.3) is 0 Å². The highest BCUT2D eigenvalue weighted by Gasteiger charge is 2.10. The molecule has 2 aromatic heterocycles. The van der Waals surface area contributed by atoms with Crippen molar-refractivity contribution < 1.29 is 14.3 Å². The molecule has 2 aromatic rings. The summed E-state index contributed by atoms with van der Waals surface area (Å²) in [6.45, 7) is 2.11. The Bertz CT molecular complexity index is 578. The molecule has 0 fully saturated rings. The Morgan fingerprint density at radius 3 is 2.90 bits per heavy atom. The maximum absolute atomic E-state index is 11.8. The molecular formula is C13H14N2O3S2. The number of hydrogen-bond acceptors (Lipinski definition) is 6. The molecule has 0 bridgehead atoms. The monoisotopic (exact) mass is 310 g/mol. The SMILES string of the molecule is CCOC(=O)Cc1csc(NC(=O)Cc2ccsc2)n1. The van der Waals surface area contributed by atoms with Crippen molar-refractivity contribution in [2.45, 2.75) is 19.8 Å². The molecule has 1 amide bonds. The van der Waals surface area contributed by atoms with E-state index in [1.807, 2.05) is 16.8 Å². The Balaban J connectivity index is 1.86. The van der Waals surface area contributed by atoms with Gasteiger partial charge in [0.2, 0.25) is 5.91 Å². The highest BCUT2D eigenvalue weighted by atomic mass is 32.1. The average Bonchev–Trinajstić information content (AvgIpc) is 3.02. The molecule has 1 N–H and O–H groups in total. The first-order valence-corrected chi connectivity index (χ1v) is 7.90. The zero-order chi connectivity index (χ0) is 14.4. The Morgan fingerprint density at radius 1 is 1.35 bits per heavy atom. The Kier molecular flexibility index (Phi) is 5.25. The molecule has 0 aliphatic carbocycles. The second-order valence-corrected chi connectivity index (χ2v) is 5.62. The molecule has 0 radical (unpaired) electrons. The number of aromatic nitrogens is 1. The van der Waals surface area contributed by atoms with E-state index in [1.54, 1.807) is 23.6 Å². The van der Waals surface area contributed by atoms with Gasteiger partial charge in [0.05, 0.1) is 25.1 Å². The second-order valence-electron chi connectivity index (χ2n) is 3.98. The molecule has 7 heteroatoms. The van der Waals surface area contributed by atoms with Gasteiger partial charge >= 0.3 is 5.97 Å². The van der Waals surface area contributed by atoms with Gasteiger partial charge in [-0.1, -0.05) is 0 Å². The van der Waals surface area contributed by atoms with Crippen LogP contribution in [0.2, 0.25) is 0 Å². The number of nitrogens with zero attached hydrogens (tertiary/aromatic N) is 1. The lowest BCUT2D eigenvalue weighted by Crippen LogP contribution is -2.14. The number of ether oxygens (including phenoxy) is 1. The molecular weight excluding hydrogens is 296 g/mol. The summed E-state index contributed by atoms with van der Waals surface area (Å²) in [5, 5.41) is 8.85. The Morgan fingerprint density at radius 2 is 2.20 bits per heavy atom. The molecule has 2 rings (SSSR count). The zero-order valence-corrected chi connectivity index (χ0v) is 12.6. The third-order valence-corrected chi connectivity index (χ3v) is 3.91. The summed E-state index contributed by atoms with van der Waals surface area (Å²) >= 11 is 2.86. The van der Waals surface area contributed by atoms with Crippen LogP contribution in [0.15, 0.2) is 22.2 Å². The first-order chi connectivity index (χ1) is 9.67. The average molecular weight is 310 g/mol. The van der Waals surface area contributed by atoms with Crippen molar-refractivity contribution in [2.24, 2.45) is 0 Å². The van der Waals surface area contributed by atoms with Gasteiger partial charge in [0.1, 0.15) is 0 Å². The van der Waals surface area contributed by atoms with Gasteiger partial charge in [-0.05, 0) is 29.3 Å². The van der Waals surface area contributed by atoms with Crippen molar-refractivity contribution in [3.05, 3.63) is 33.5 Å². The number of esters is 1. The summed E-state index contributed by atoms with van der Waals surface area (Å²) in [6, 6.07) is 1.91. The summed E-state index contributed by atoms with van der Waals surface area (Å²) in [5.74, 6) is -0.422. The molecule has 0 spiro atoms. The smallest absolute Gasteiger partial charge is 0.311 e. The zero-order valence-electron chi connectivity index (χ0n) is 10.9. The van der Waals surface area contributed by atoms with E-state index in [0.29, 0.717) is 23.9 Å². The molecule has 2 heterocycles. The third kappa shape index (κ3) is 4.43. The normalized spacial score (nSPS) is 10.2. The second kappa shape index (κ2) is 7.16. The maximum Gasteiger partial charge on any atom is 0.311 e. The summed E-state index contributed by atoms with van der Waals surface area (Å²) in [4.78, 5) is 27.3. The van der Waals surface area contributed by atoms with Crippen LogP contribution in [0.5, 0.6) is 0 Å². The number of rotatable bonds is 6. The Labute approximate surface area is 124 Å². The number of thiophene rings is 1. The van der Waals surface area contributed by atoms with E-state index >= 15 is 0 Å². The predicted molar refractivity (Wildman–Crippen MR) is 79.1 cm³/mol. The number of nitrogens with one attached hydrogen (secondary N) is 1. The first-order valence-electron chi connectivity index (χ1n) is 6.08. The van der Waals surface area contributed by atoms with E-state index in [9.17, 15) is 9.59 Å². The highest BCUT2D eigenvalue weighted by molar-refractivity contribution is 7.14. The van der Waals surface area contributed by atoms with Crippen LogP contribution in [-0.4, -0.2) is 23.5 Å². The molecule has 0 aliphatic rings. The fraction of sp³-hybridized carbons (Fsp3) is 0.308. The molecule has 0 aromatic carbocycles. The minimum Gasteiger partial charge on any atom is -0.466 e. The molecule has 20 heavy (non-hydrogen) atoms. The molecule has 5 nitrogen and oxygen atoms in total. The summed E-state index contributed by atoms with van der Waals surface area (Å²) < 4.78 is 4.85. The van der Waals surface area contributed by atoms with Crippen molar-refractivity contribution in [1.29, 1.82) is 0 Å². The number of thiazole rings is 1. The van der Waals surface area contributed by atoms with Gasteiger partial charge in [0.25, 0.3) is 0 Å². The van der Waals surface area contributed by atoms with Crippen molar-refractivity contribution in [3.8, 4) is 0 Å². The largest absolute Gasteiger partial charge is 0.466 e. The molecule has 106 valence electrons. The van der Waals surface area contributed by atoms with Crippen LogP contribution in [0, 0.1) is 0 Å². The van der Waals surface area contributed by atoms with Gasteiger partial charge in [-0.2, -0.15) is 11.3 Å². The van der Waals surface area contributed by atoms with Crippen LogP contribution in [0.4, 0.5) is 5.13 Å². The standard InChI is InChI=1S/C13H14N2O3S2/c1-2-18-12(17)6-10-8-20-13(14-10)15-11(16)5-9-3-4-19-7-9/h3-4,7-8H,2,5-6H2,1H3,(H,14,15,16). The third-order valence-electron chi connectivity index (χ3n) is 2.37. The van der Waals surface area contributed by atoms with Crippen LogP contribution >= 0.6 is 22.7 Å². The van der Waals surface area contributed by atoms with Crippen molar-refractivity contribution >= 4 is 39.7 Å². The van der Waals surface area contributed by atoms with E-state index in [-0.39, 0.29) is 18.3 Å².